The smallest absolute Gasteiger partial charge is 0.147 e. The quantitative estimate of drug-likeness (QED) is 0.722. The molecule has 140 valence electrons. The van der Waals surface area contributed by atoms with E-state index in [0.29, 0.717) is 5.01 Å². The Bertz CT molecular complexity index is 886. The summed E-state index contributed by atoms with van der Waals surface area (Å²) in [6.07, 6.45) is 2.32. The van der Waals surface area contributed by atoms with Gasteiger partial charge in [0.2, 0.25) is 0 Å². The van der Waals surface area contributed by atoms with Gasteiger partial charge in [0.1, 0.15) is 21.9 Å². The van der Waals surface area contributed by atoms with Crippen LogP contribution < -0.4 is 9.64 Å². The molecule has 0 amide bonds. The first kappa shape index (κ1) is 17.9. The summed E-state index contributed by atoms with van der Waals surface area (Å²) in [5.41, 5.74) is 3.45. The predicted octanol–water partition coefficient (Wildman–Crippen LogP) is 4.05. The summed E-state index contributed by atoms with van der Waals surface area (Å²) in [5, 5.41) is 18.7. The minimum atomic E-state index is -0.0602. The molecular weight excluding hydrogens is 358 g/mol. The number of aromatic nitrogens is 2. The van der Waals surface area contributed by atoms with E-state index in [1.165, 1.54) is 22.6 Å². The zero-order valence-electron chi connectivity index (χ0n) is 15.3. The maximum Gasteiger partial charge on any atom is 0.147 e. The first-order valence-electron chi connectivity index (χ1n) is 9.24. The summed E-state index contributed by atoms with van der Waals surface area (Å²) in [5.74, 6) is 1.000. The van der Waals surface area contributed by atoms with Gasteiger partial charge < -0.3 is 14.7 Å². The molecule has 1 saturated heterocycles. The molecule has 4 rings (SSSR count). The van der Waals surface area contributed by atoms with Crippen LogP contribution in [0.1, 0.15) is 23.4 Å². The van der Waals surface area contributed by atoms with Crippen LogP contribution in [0.2, 0.25) is 0 Å². The second-order valence-electron chi connectivity index (χ2n) is 6.78. The lowest BCUT2D eigenvalue weighted by Gasteiger charge is -2.34. The lowest BCUT2D eigenvalue weighted by molar-refractivity contribution is 0.170. The van der Waals surface area contributed by atoms with Crippen molar-refractivity contribution >= 4 is 17.0 Å². The molecule has 0 saturated carbocycles. The third kappa shape index (κ3) is 4.12. The van der Waals surface area contributed by atoms with Gasteiger partial charge in [-0.25, -0.2) is 0 Å². The topological polar surface area (TPSA) is 58.5 Å². The summed E-state index contributed by atoms with van der Waals surface area (Å²) in [6.45, 7) is 4.01. The Morgan fingerprint density at radius 3 is 2.48 bits per heavy atom. The summed E-state index contributed by atoms with van der Waals surface area (Å²) in [4.78, 5) is 2.40. The third-order valence-corrected chi connectivity index (χ3v) is 5.87. The van der Waals surface area contributed by atoms with E-state index in [-0.39, 0.29) is 12.7 Å². The van der Waals surface area contributed by atoms with Gasteiger partial charge in [0.05, 0.1) is 6.61 Å². The van der Waals surface area contributed by atoms with Crippen molar-refractivity contribution in [3.8, 4) is 16.3 Å². The van der Waals surface area contributed by atoms with Crippen molar-refractivity contribution < 1.29 is 9.84 Å². The number of aryl methyl sites for hydroxylation is 1. The van der Waals surface area contributed by atoms with Crippen LogP contribution >= 0.6 is 11.3 Å². The van der Waals surface area contributed by atoms with Gasteiger partial charge in [-0.1, -0.05) is 29.5 Å². The molecule has 0 radical (unpaired) electrons. The number of anilines is 1. The first-order valence-corrected chi connectivity index (χ1v) is 10.1. The standard InChI is InChI=1S/C21H23N3O2S/c1-15-4-2-3-5-19(15)26-18-10-12-24(13-11-18)17-8-6-16(7-9-17)21-23-22-20(14-25)27-21/h2-9,18,25H,10-14H2,1H3. The lowest BCUT2D eigenvalue weighted by atomic mass is 10.1. The second-order valence-corrected chi connectivity index (χ2v) is 7.84. The van der Waals surface area contributed by atoms with Crippen molar-refractivity contribution in [2.75, 3.05) is 18.0 Å². The number of rotatable bonds is 5. The number of hydrogen-bond donors (Lipinski definition) is 1. The molecule has 0 aliphatic carbocycles. The van der Waals surface area contributed by atoms with E-state index in [4.69, 9.17) is 9.84 Å². The Morgan fingerprint density at radius 1 is 1.07 bits per heavy atom. The molecular formula is C21H23N3O2S. The van der Waals surface area contributed by atoms with Crippen LogP contribution in [0, 0.1) is 6.92 Å². The highest BCUT2D eigenvalue weighted by Gasteiger charge is 2.21. The number of aliphatic hydroxyl groups is 1. The number of para-hydroxylation sites is 1. The average Bonchev–Trinajstić information content (AvgIpc) is 3.20. The highest BCUT2D eigenvalue weighted by atomic mass is 32.1. The number of ether oxygens (including phenoxy) is 1. The van der Waals surface area contributed by atoms with Gasteiger partial charge in [-0.3, -0.25) is 0 Å². The Hall–Kier alpha value is -2.44. The van der Waals surface area contributed by atoms with Crippen LogP contribution in [0.5, 0.6) is 5.75 Å². The SMILES string of the molecule is Cc1ccccc1OC1CCN(c2ccc(-c3nnc(CO)s3)cc2)CC1. The Balaban J connectivity index is 1.36. The zero-order valence-corrected chi connectivity index (χ0v) is 16.2. The molecule has 3 aromatic rings. The van der Waals surface area contributed by atoms with Gasteiger partial charge in [0, 0.05) is 37.2 Å². The summed E-state index contributed by atoms with van der Waals surface area (Å²) in [6, 6.07) is 16.6. The average molecular weight is 382 g/mol. The van der Waals surface area contributed by atoms with E-state index in [0.717, 1.165) is 42.3 Å². The highest BCUT2D eigenvalue weighted by Crippen LogP contribution is 2.28. The van der Waals surface area contributed by atoms with E-state index in [1.54, 1.807) is 0 Å². The van der Waals surface area contributed by atoms with Gasteiger partial charge in [-0.15, -0.1) is 10.2 Å². The second kappa shape index (κ2) is 8.06. The molecule has 1 aliphatic rings. The van der Waals surface area contributed by atoms with Crippen LogP contribution in [0.4, 0.5) is 5.69 Å². The van der Waals surface area contributed by atoms with Crippen LogP contribution in [-0.2, 0) is 6.61 Å². The number of piperidine rings is 1. The van der Waals surface area contributed by atoms with E-state index < -0.39 is 0 Å². The summed E-state index contributed by atoms with van der Waals surface area (Å²) in [7, 11) is 0. The van der Waals surface area contributed by atoms with Gasteiger partial charge in [0.15, 0.2) is 0 Å². The molecule has 0 spiro atoms. The number of nitrogens with zero attached hydrogens (tertiary/aromatic N) is 3. The molecule has 2 aromatic carbocycles. The summed E-state index contributed by atoms with van der Waals surface area (Å²) >= 11 is 1.43. The Labute approximate surface area is 163 Å². The Morgan fingerprint density at radius 2 is 1.81 bits per heavy atom. The maximum atomic E-state index is 9.13. The van der Waals surface area contributed by atoms with Crippen molar-refractivity contribution in [3.05, 3.63) is 59.1 Å². The molecule has 1 fully saturated rings. The molecule has 6 heteroatoms. The predicted molar refractivity (Wildman–Crippen MR) is 108 cm³/mol. The number of benzene rings is 2. The van der Waals surface area contributed by atoms with Crippen molar-refractivity contribution in [1.82, 2.24) is 10.2 Å². The van der Waals surface area contributed by atoms with Crippen LogP contribution in [0.15, 0.2) is 48.5 Å². The van der Waals surface area contributed by atoms with Crippen LogP contribution in [-0.4, -0.2) is 34.5 Å². The van der Waals surface area contributed by atoms with Crippen molar-refractivity contribution in [1.29, 1.82) is 0 Å². The van der Waals surface area contributed by atoms with Gasteiger partial charge in [-0.05, 0) is 42.8 Å². The minimum Gasteiger partial charge on any atom is -0.490 e. The molecule has 2 heterocycles. The van der Waals surface area contributed by atoms with Crippen molar-refractivity contribution in [2.45, 2.75) is 32.5 Å². The molecule has 1 aromatic heterocycles. The normalized spacial score (nSPS) is 15.1. The van der Waals surface area contributed by atoms with Crippen LogP contribution in [0.3, 0.4) is 0 Å². The molecule has 5 nitrogen and oxygen atoms in total. The first-order chi connectivity index (χ1) is 13.2. The summed E-state index contributed by atoms with van der Waals surface area (Å²) < 4.78 is 6.20. The fourth-order valence-electron chi connectivity index (χ4n) is 3.35. The molecule has 27 heavy (non-hydrogen) atoms. The number of aliphatic hydroxyl groups excluding tert-OH is 1. The minimum absolute atomic E-state index is 0.0602. The fraction of sp³-hybridized carbons (Fsp3) is 0.333. The molecule has 1 aliphatic heterocycles. The lowest BCUT2D eigenvalue weighted by Crippen LogP contribution is -2.38. The Kier molecular flexibility index (Phi) is 5.36. The van der Waals surface area contributed by atoms with Gasteiger partial charge in [-0.2, -0.15) is 0 Å². The van der Waals surface area contributed by atoms with Crippen molar-refractivity contribution in [3.63, 3.8) is 0 Å². The van der Waals surface area contributed by atoms with Gasteiger partial charge >= 0.3 is 0 Å². The molecule has 0 atom stereocenters. The van der Waals surface area contributed by atoms with E-state index in [2.05, 4.69) is 58.4 Å². The molecule has 1 N–H and O–H groups in total. The van der Waals surface area contributed by atoms with Gasteiger partial charge in [0.25, 0.3) is 0 Å². The van der Waals surface area contributed by atoms with E-state index >= 15 is 0 Å². The van der Waals surface area contributed by atoms with Crippen LogP contribution in [0.25, 0.3) is 10.6 Å². The fourth-order valence-corrected chi connectivity index (χ4v) is 4.05. The molecule has 0 bridgehead atoms. The van der Waals surface area contributed by atoms with E-state index in [9.17, 15) is 0 Å². The zero-order chi connectivity index (χ0) is 18.6. The molecule has 0 unspecified atom stereocenters. The monoisotopic (exact) mass is 381 g/mol. The third-order valence-electron chi connectivity index (χ3n) is 4.91. The van der Waals surface area contributed by atoms with Crippen molar-refractivity contribution in [2.24, 2.45) is 0 Å². The highest BCUT2D eigenvalue weighted by molar-refractivity contribution is 7.14. The maximum absolute atomic E-state index is 9.13. The largest absolute Gasteiger partial charge is 0.490 e. The number of hydrogen-bond acceptors (Lipinski definition) is 6. The van der Waals surface area contributed by atoms with E-state index in [1.807, 2.05) is 12.1 Å².